The normalized spacial score (nSPS) is 23.9. The summed E-state index contributed by atoms with van der Waals surface area (Å²) < 4.78 is 7.76. The van der Waals surface area contributed by atoms with E-state index in [1.165, 1.54) is 14.1 Å². The molecule has 1 aliphatic heterocycles. The van der Waals surface area contributed by atoms with Gasteiger partial charge in [-0.05, 0) is 18.9 Å². The molecule has 0 amide bonds. The maximum atomic E-state index is 11.9. The van der Waals surface area contributed by atoms with E-state index in [0.717, 1.165) is 22.2 Å². The molecule has 1 N–H and O–H groups in total. The van der Waals surface area contributed by atoms with Crippen LogP contribution in [0, 0.1) is 5.92 Å². The fourth-order valence-corrected chi connectivity index (χ4v) is 2.01. The van der Waals surface area contributed by atoms with Crippen molar-refractivity contribution in [1.29, 1.82) is 0 Å². The van der Waals surface area contributed by atoms with Crippen LogP contribution in [-0.4, -0.2) is 33.5 Å². The average Bonchev–Trinajstić information content (AvgIpc) is 2.36. The Kier molecular flexibility index (Phi) is 3.51. The minimum absolute atomic E-state index is 0.0137. The van der Waals surface area contributed by atoms with E-state index in [1.54, 1.807) is 0 Å². The van der Waals surface area contributed by atoms with Crippen molar-refractivity contribution in [3.05, 3.63) is 20.8 Å². The number of rotatable bonds is 2. The molecule has 2 rings (SSSR count). The lowest BCUT2D eigenvalue weighted by atomic mass is 9.97. The van der Waals surface area contributed by atoms with Gasteiger partial charge < -0.3 is 10.1 Å². The number of aromatic nitrogens is 3. The van der Waals surface area contributed by atoms with Crippen molar-refractivity contribution < 1.29 is 4.74 Å². The average molecular weight is 254 g/mol. The highest BCUT2D eigenvalue weighted by atomic mass is 16.5. The maximum absolute atomic E-state index is 11.9. The summed E-state index contributed by atoms with van der Waals surface area (Å²) in [5.74, 6) is 0.343. The molecule has 0 saturated carbocycles. The largest absolute Gasteiger partial charge is 0.468 e. The van der Waals surface area contributed by atoms with Gasteiger partial charge in [-0.25, -0.2) is 9.48 Å². The Morgan fingerprint density at radius 2 is 2.11 bits per heavy atom. The van der Waals surface area contributed by atoms with Gasteiger partial charge in [0.15, 0.2) is 0 Å². The fraction of sp³-hybridized carbons (Fsp3) is 0.727. The molecule has 1 saturated heterocycles. The van der Waals surface area contributed by atoms with Crippen LogP contribution in [0.25, 0.3) is 0 Å². The second-order valence-corrected chi connectivity index (χ2v) is 4.70. The zero-order valence-corrected chi connectivity index (χ0v) is 10.8. The van der Waals surface area contributed by atoms with Crippen LogP contribution in [0.2, 0.25) is 0 Å². The molecule has 7 nitrogen and oxygen atoms in total. The topological polar surface area (TPSA) is 78.2 Å². The maximum Gasteiger partial charge on any atom is 0.347 e. The van der Waals surface area contributed by atoms with Crippen LogP contribution >= 0.6 is 0 Å². The highest BCUT2D eigenvalue weighted by Gasteiger charge is 2.24. The molecule has 2 heterocycles. The summed E-state index contributed by atoms with van der Waals surface area (Å²) in [6.45, 7) is 3.73. The predicted molar refractivity (Wildman–Crippen MR) is 65.8 cm³/mol. The van der Waals surface area contributed by atoms with Gasteiger partial charge in [-0.3, -0.25) is 9.36 Å². The summed E-state index contributed by atoms with van der Waals surface area (Å²) in [4.78, 5) is 23.4. The van der Waals surface area contributed by atoms with Crippen LogP contribution in [-0.2, 0) is 14.1 Å². The van der Waals surface area contributed by atoms with Gasteiger partial charge in [0, 0.05) is 20.6 Å². The second-order valence-electron chi connectivity index (χ2n) is 4.70. The number of nitrogens with zero attached hydrogens (tertiary/aromatic N) is 3. The van der Waals surface area contributed by atoms with Crippen LogP contribution in [0.5, 0.6) is 5.88 Å². The Morgan fingerprint density at radius 3 is 2.78 bits per heavy atom. The third-order valence-electron chi connectivity index (χ3n) is 3.31. The summed E-state index contributed by atoms with van der Waals surface area (Å²) >= 11 is 0. The third-order valence-corrected chi connectivity index (χ3v) is 3.31. The third kappa shape index (κ3) is 2.31. The van der Waals surface area contributed by atoms with E-state index in [2.05, 4.69) is 17.3 Å². The van der Waals surface area contributed by atoms with E-state index in [1.807, 2.05) is 0 Å². The number of piperidine rings is 1. The molecule has 7 heteroatoms. The highest BCUT2D eigenvalue weighted by molar-refractivity contribution is 5.03. The zero-order chi connectivity index (χ0) is 13.3. The number of aryl methyl sites for hydroxylation is 1. The fourth-order valence-electron chi connectivity index (χ4n) is 2.01. The summed E-state index contributed by atoms with van der Waals surface area (Å²) in [6.07, 6.45) is 0.910. The van der Waals surface area contributed by atoms with Crippen molar-refractivity contribution in [2.45, 2.75) is 19.4 Å². The molecule has 2 unspecified atom stereocenters. The van der Waals surface area contributed by atoms with Crippen LogP contribution in [0.4, 0.5) is 0 Å². The first kappa shape index (κ1) is 12.8. The molecule has 0 radical (unpaired) electrons. The molecule has 0 bridgehead atoms. The molecule has 1 fully saturated rings. The van der Waals surface area contributed by atoms with Gasteiger partial charge in [0.1, 0.15) is 6.10 Å². The summed E-state index contributed by atoms with van der Waals surface area (Å²) in [6, 6.07) is 0. The van der Waals surface area contributed by atoms with Crippen molar-refractivity contribution in [2.75, 3.05) is 13.1 Å². The van der Waals surface area contributed by atoms with Crippen molar-refractivity contribution in [1.82, 2.24) is 19.7 Å². The van der Waals surface area contributed by atoms with Crippen LogP contribution in [0.1, 0.15) is 13.3 Å². The quantitative estimate of drug-likeness (QED) is 0.721. The molecule has 100 valence electrons. The number of hydrogen-bond donors (Lipinski definition) is 1. The zero-order valence-electron chi connectivity index (χ0n) is 10.8. The molecule has 1 aromatic rings. The molecule has 1 aromatic heterocycles. The summed E-state index contributed by atoms with van der Waals surface area (Å²) in [5.41, 5.74) is -0.946. The van der Waals surface area contributed by atoms with Crippen LogP contribution in [0.15, 0.2) is 9.59 Å². The standard InChI is InChI=1S/C11H18N4O3/c1-7-4-5-12-6-8(7)18-9-10(16)14(2)11(17)15(3)13-9/h7-8,12H,4-6H2,1-3H3. The smallest absolute Gasteiger partial charge is 0.347 e. The number of ether oxygens (including phenoxy) is 1. The Bertz CT molecular complexity index is 548. The van der Waals surface area contributed by atoms with E-state index in [9.17, 15) is 9.59 Å². The Morgan fingerprint density at radius 1 is 1.39 bits per heavy atom. The van der Waals surface area contributed by atoms with Crippen molar-refractivity contribution in [2.24, 2.45) is 20.0 Å². The first-order valence-electron chi connectivity index (χ1n) is 6.02. The van der Waals surface area contributed by atoms with Crippen molar-refractivity contribution in [3.63, 3.8) is 0 Å². The van der Waals surface area contributed by atoms with Gasteiger partial charge >= 0.3 is 11.2 Å². The first-order valence-corrected chi connectivity index (χ1v) is 6.02. The van der Waals surface area contributed by atoms with Gasteiger partial charge in [0.2, 0.25) is 0 Å². The molecule has 18 heavy (non-hydrogen) atoms. The van der Waals surface area contributed by atoms with E-state index < -0.39 is 11.2 Å². The molecule has 0 aliphatic carbocycles. The number of nitrogens with one attached hydrogen (secondary N) is 1. The first-order chi connectivity index (χ1) is 8.50. The van der Waals surface area contributed by atoms with E-state index >= 15 is 0 Å². The van der Waals surface area contributed by atoms with Crippen LogP contribution < -0.4 is 21.3 Å². The highest BCUT2D eigenvalue weighted by Crippen LogP contribution is 2.15. The minimum Gasteiger partial charge on any atom is -0.468 e. The Labute approximate surface area is 104 Å². The van der Waals surface area contributed by atoms with Crippen LogP contribution in [0.3, 0.4) is 0 Å². The molecule has 0 spiro atoms. The Hall–Kier alpha value is -1.63. The summed E-state index contributed by atoms with van der Waals surface area (Å²) in [5, 5.41) is 7.10. The second kappa shape index (κ2) is 4.93. The molecule has 1 aliphatic rings. The molecular weight excluding hydrogens is 236 g/mol. The van der Waals surface area contributed by atoms with Crippen molar-refractivity contribution in [3.8, 4) is 5.88 Å². The number of hydrogen-bond acceptors (Lipinski definition) is 5. The van der Waals surface area contributed by atoms with E-state index in [0.29, 0.717) is 12.5 Å². The van der Waals surface area contributed by atoms with Gasteiger partial charge in [-0.2, -0.15) is 0 Å². The van der Waals surface area contributed by atoms with E-state index in [-0.39, 0.29) is 12.0 Å². The lowest BCUT2D eigenvalue weighted by Crippen LogP contribution is -2.46. The van der Waals surface area contributed by atoms with Crippen molar-refractivity contribution >= 4 is 0 Å². The SMILES string of the molecule is CC1CCNCC1Oc1nn(C)c(=O)n(C)c1=O. The monoisotopic (exact) mass is 254 g/mol. The minimum atomic E-state index is -0.490. The lowest BCUT2D eigenvalue weighted by molar-refractivity contribution is 0.104. The van der Waals surface area contributed by atoms with E-state index in [4.69, 9.17) is 4.74 Å². The lowest BCUT2D eigenvalue weighted by Gasteiger charge is -2.29. The van der Waals surface area contributed by atoms with Gasteiger partial charge in [-0.15, -0.1) is 5.10 Å². The molecule has 0 aromatic carbocycles. The van der Waals surface area contributed by atoms with Gasteiger partial charge in [0.05, 0.1) is 0 Å². The molecular formula is C11H18N4O3. The summed E-state index contributed by atoms with van der Waals surface area (Å²) in [7, 11) is 2.92. The van der Waals surface area contributed by atoms with Gasteiger partial charge in [0.25, 0.3) is 5.88 Å². The molecule has 2 atom stereocenters. The van der Waals surface area contributed by atoms with Gasteiger partial charge in [-0.1, -0.05) is 6.92 Å². The Balaban J connectivity index is 2.29. The predicted octanol–water partition coefficient (Wildman–Crippen LogP) is -1.14.